The molecule has 4 aromatic carbocycles. The normalized spacial score (nSPS) is 17.0. The van der Waals surface area contributed by atoms with Crippen molar-refractivity contribution in [3.8, 4) is 0 Å². The predicted molar refractivity (Wildman–Crippen MR) is 118 cm³/mol. The van der Waals surface area contributed by atoms with E-state index in [9.17, 15) is 0 Å². The van der Waals surface area contributed by atoms with E-state index in [0.717, 1.165) is 18.2 Å². The number of hydrogen-bond acceptors (Lipinski definition) is 4. The van der Waals surface area contributed by atoms with E-state index in [0.29, 0.717) is 26.3 Å². The van der Waals surface area contributed by atoms with E-state index < -0.39 is 5.41 Å². The van der Waals surface area contributed by atoms with Gasteiger partial charge in [0.05, 0.1) is 13.1 Å². The third-order valence-electron chi connectivity index (χ3n) is 6.28. The number of rotatable bonds is 4. The Bertz CT molecular complexity index is 1260. The molecule has 0 N–H and O–H groups in total. The summed E-state index contributed by atoms with van der Waals surface area (Å²) in [5, 5.41) is 7.81. The third-order valence-corrected chi connectivity index (χ3v) is 6.28. The molecule has 0 saturated carbocycles. The second-order valence-corrected chi connectivity index (χ2v) is 8.16. The Labute approximate surface area is 169 Å². The summed E-state index contributed by atoms with van der Waals surface area (Å²) in [5.41, 5.74) is 0.797. The molecule has 2 aliphatic heterocycles. The van der Waals surface area contributed by atoms with Crippen molar-refractivity contribution in [3.05, 3.63) is 60.2 Å². The molecule has 0 fully saturated rings. The Hall–Kier alpha value is -3.14. The zero-order valence-corrected chi connectivity index (χ0v) is 16.4. The molecular formula is C25H22N2O2. The molecule has 2 heterocycles. The predicted octanol–water partition coefficient (Wildman–Crippen LogP) is 4.99. The minimum absolute atomic E-state index is 0.476. The standard InChI is InChI=1S/C25H22N2O2/c1-25(23-26-11-13-28-23,24-27-12-14-29-24)15-19-8-7-18-6-5-16-3-2-4-17-9-10-20(19)22(18)21(16)17/h2-10H,11-15H2,1H3. The Morgan fingerprint density at radius 1 is 0.759 bits per heavy atom. The van der Waals surface area contributed by atoms with Crippen molar-refractivity contribution in [2.45, 2.75) is 13.3 Å². The number of nitrogens with zero attached hydrogens (tertiary/aromatic N) is 2. The van der Waals surface area contributed by atoms with Gasteiger partial charge < -0.3 is 9.47 Å². The average Bonchev–Trinajstić information content (AvgIpc) is 3.47. The SMILES string of the molecule is CC(Cc1ccc2ccc3cccc4ccc1c2c34)(C1=NCCO1)C1=NCCO1. The molecule has 4 heteroatoms. The smallest absolute Gasteiger partial charge is 0.199 e. The first-order valence-electron chi connectivity index (χ1n) is 10.2. The monoisotopic (exact) mass is 382 g/mol. The Morgan fingerprint density at radius 3 is 1.97 bits per heavy atom. The molecule has 4 nitrogen and oxygen atoms in total. The van der Waals surface area contributed by atoms with Gasteiger partial charge in [-0.15, -0.1) is 0 Å². The fourth-order valence-corrected chi connectivity index (χ4v) is 4.91. The molecule has 6 rings (SSSR count). The molecule has 144 valence electrons. The van der Waals surface area contributed by atoms with E-state index in [1.54, 1.807) is 0 Å². The summed E-state index contributed by atoms with van der Waals surface area (Å²) in [6, 6.07) is 19.9. The molecule has 0 saturated heterocycles. The van der Waals surface area contributed by atoms with E-state index in [2.05, 4.69) is 71.5 Å². The van der Waals surface area contributed by atoms with Crippen LogP contribution in [-0.4, -0.2) is 38.1 Å². The van der Waals surface area contributed by atoms with Crippen LogP contribution in [0, 0.1) is 5.41 Å². The van der Waals surface area contributed by atoms with Gasteiger partial charge in [-0.25, -0.2) is 0 Å². The van der Waals surface area contributed by atoms with Crippen molar-refractivity contribution in [3.63, 3.8) is 0 Å². The van der Waals surface area contributed by atoms with E-state index >= 15 is 0 Å². The highest BCUT2D eigenvalue weighted by Gasteiger charge is 2.43. The second-order valence-electron chi connectivity index (χ2n) is 8.16. The number of ether oxygens (including phenoxy) is 2. The van der Waals surface area contributed by atoms with Crippen LogP contribution in [0.3, 0.4) is 0 Å². The van der Waals surface area contributed by atoms with Crippen LogP contribution in [0.2, 0.25) is 0 Å². The molecule has 0 amide bonds. The summed E-state index contributed by atoms with van der Waals surface area (Å²) in [6.07, 6.45) is 0.749. The quantitative estimate of drug-likeness (QED) is 0.467. The van der Waals surface area contributed by atoms with Crippen molar-refractivity contribution in [2.24, 2.45) is 15.4 Å². The summed E-state index contributed by atoms with van der Waals surface area (Å²) in [5.74, 6) is 1.51. The minimum Gasteiger partial charge on any atom is -0.478 e. The summed E-state index contributed by atoms with van der Waals surface area (Å²) < 4.78 is 11.8. The van der Waals surface area contributed by atoms with Gasteiger partial charge in [-0.2, -0.15) is 0 Å². The molecule has 0 radical (unpaired) electrons. The molecule has 0 aromatic heterocycles. The maximum Gasteiger partial charge on any atom is 0.199 e. The van der Waals surface area contributed by atoms with Gasteiger partial charge in [-0.1, -0.05) is 54.6 Å². The van der Waals surface area contributed by atoms with Crippen LogP contribution in [0.5, 0.6) is 0 Å². The van der Waals surface area contributed by atoms with Crippen LogP contribution in [0.4, 0.5) is 0 Å². The topological polar surface area (TPSA) is 43.2 Å². The summed E-state index contributed by atoms with van der Waals surface area (Å²) in [6.45, 7) is 4.83. The van der Waals surface area contributed by atoms with Crippen molar-refractivity contribution < 1.29 is 9.47 Å². The average molecular weight is 382 g/mol. The fourth-order valence-electron chi connectivity index (χ4n) is 4.91. The molecule has 4 aromatic rings. The van der Waals surface area contributed by atoms with Crippen molar-refractivity contribution in [1.29, 1.82) is 0 Å². The maximum atomic E-state index is 5.92. The highest BCUT2D eigenvalue weighted by atomic mass is 16.5. The number of hydrogen-bond donors (Lipinski definition) is 0. The highest BCUT2D eigenvalue weighted by Crippen LogP contribution is 2.39. The highest BCUT2D eigenvalue weighted by molar-refractivity contribution is 6.23. The van der Waals surface area contributed by atoms with Gasteiger partial charge in [-0.05, 0) is 51.2 Å². The van der Waals surface area contributed by atoms with Gasteiger partial charge in [0, 0.05) is 0 Å². The lowest BCUT2D eigenvalue weighted by Gasteiger charge is -2.29. The van der Waals surface area contributed by atoms with Gasteiger partial charge in [0.15, 0.2) is 11.8 Å². The lowest BCUT2D eigenvalue weighted by Crippen LogP contribution is -2.39. The largest absolute Gasteiger partial charge is 0.478 e. The molecule has 0 spiro atoms. The maximum absolute atomic E-state index is 5.92. The van der Waals surface area contributed by atoms with Gasteiger partial charge >= 0.3 is 0 Å². The van der Waals surface area contributed by atoms with Gasteiger partial charge in [0.2, 0.25) is 0 Å². The molecular weight excluding hydrogens is 360 g/mol. The lowest BCUT2D eigenvalue weighted by atomic mass is 9.80. The molecule has 2 aliphatic rings. The van der Waals surface area contributed by atoms with Crippen LogP contribution >= 0.6 is 0 Å². The number of aliphatic imine (C=N–C) groups is 2. The third kappa shape index (κ3) is 2.45. The first kappa shape index (κ1) is 16.8. The molecule has 0 aliphatic carbocycles. The van der Waals surface area contributed by atoms with Crippen LogP contribution in [0.15, 0.2) is 64.6 Å². The van der Waals surface area contributed by atoms with Crippen molar-refractivity contribution in [1.82, 2.24) is 0 Å². The van der Waals surface area contributed by atoms with E-state index in [1.165, 1.54) is 37.9 Å². The number of benzene rings is 4. The van der Waals surface area contributed by atoms with Gasteiger partial charge in [-0.3, -0.25) is 9.98 Å². The molecule has 0 bridgehead atoms. The first-order valence-corrected chi connectivity index (χ1v) is 10.2. The van der Waals surface area contributed by atoms with E-state index in [1.807, 2.05) is 0 Å². The summed E-state index contributed by atoms with van der Waals surface area (Å²) in [7, 11) is 0. The van der Waals surface area contributed by atoms with Gasteiger partial charge in [0.1, 0.15) is 18.6 Å². The lowest BCUT2D eigenvalue weighted by molar-refractivity contribution is 0.273. The Morgan fingerprint density at radius 2 is 1.34 bits per heavy atom. The summed E-state index contributed by atoms with van der Waals surface area (Å²) >= 11 is 0. The van der Waals surface area contributed by atoms with Crippen molar-refractivity contribution in [2.75, 3.05) is 26.3 Å². The van der Waals surface area contributed by atoms with Gasteiger partial charge in [0.25, 0.3) is 0 Å². The second kappa shape index (κ2) is 6.18. The van der Waals surface area contributed by atoms with Crippen LogP contribution in [0.1, 0.15) is 12.5 Å². The zero-order valence-electron chi connectivity index (χ0n) is 16.4. The Kier molecular flexibility index (Phi) is 3.58. The van der Waals surface area contributed by atoms with Crippen molar-refractivity contribution >= 4 is 44.1 Å². The minimum atomic E-state index is -0.476. The van der Waals surface area contributed by atoms with E-state index in [4.69, 9.17) is 9.47 Å². The van der Waals surface area contributed by atoms with Crippen LogP contribution in [-0.2, 0) is 15.9 Å². The summed E-state index contributed by atoms with van der Waals surface area (Å²) in [4.78, 5) is 9.29. The van der Waals surface area contributed by atoms with Crippen LogP contribution < -0.4 is 0 Å². The molecule has 0 atom stereocenters. The van der Waals surface area contributed by atoms with E-state index in [-0.39, 0.29) is 0 Å². The van der Waals surface area contributed by atoms with Crippen LogP contribution in [0.25, 0.3) is 32.3 Å². The first-order chi connectivity index (χ1) is 14.2. The molecule has 0 unspecified atom stereocenters. The Balaban J connectivity index is 1.57. The molecule has 29 heavy (non-hydrogen) atoms. The fraction of sp³-hybridized carbons (Fsp3) is 0.280. The zero-order chi connectivity index (χ0) is 19.4.